The van der Waals surface area contributed by atoms with Crippen molar-refractivity contribution in [2.24, 2.45) is 5.84 Å². The summed E-state index contributed by atoms with van der Waals surface area (Å²) < 4.78 is 0.883. The monoisotopic (exact) mass is 202 g/mol. The maximum Gasteiger partial charge on any atom is 0.0132 e. The van der Waals surface area contributed by atoms with Crippen LogP contribution in [-0.2, 0) is 0 Å². The third-order valence-electron chi connectivity index (χ3n) is 0.967. The standard InChI is InChI=1S/C7H11BrN2/c1-6(7(2)8)4-3-5-10-9/h3-5,10H,2,9H2,1H3/b5-3-,6-4+. The molecule has 0 saturated heterocycles. The highest BCUT2D eigenvalue weighted by Crippen LogP contribution is 2.12. The Kier molecular flexibility index (Phi) is 4.98. The Bertz CT molecular complexity index is 170. The summed E-state index contributed by atoms with van der Waals surface area (Å²) in [6.45, 7) is 5.65. The van der Waals surface area contributed by atoms with Gasteiger partial charge in [0, 0.05) is 10.7 Å². The van der Waals surface area contributed by atoms with Gasteiger partial charge in [0.1, 0.15) is 0 Å². The van der Waals surface area contributed by atoms with E-state index in [2.05, 4.69) is 27.9 Å². The lowest BCUT2D eigenvalue weighted by Gasteiger charge is -1.91. The number of rotatable bonds is 3. The van der Waals surface area contributed by atoms with Crippen LogP contribution in [0, 0.1) is 0 Å². The van der Waals surface area contributed by atoms with E-state index in [0.717, 1.165) is 10.1 Å². The van der Waals surface area contributed by atoms with Crippen molar-refractivity contribution in [1.29, 1.82) is 0 Å². The molecule has 56 valence electrons. The highest BCUT2D eigenvalue weighted by molar-refractivity contribution is 9.11. The minimum atomic E-state index is 0.883. The average molecular weight is 203 g/mol. The van der Waals surface area contributed by atoms with Crippen LogP contribution in [0.3, 0.4) is 0 Å². The predicted octanol–water partition coefficient (Wildman–Crippen LogP) is 1.82. The molecule has 0 radical (unpaired) electrons. The number of halogens is 1. The first kappa shape index (κ1) is 9.46. The highest BCUT2D eigenvalue weighted by atomic mass is 79.9. The van der Waals surface area contributed by atoms with Crippen LogP contribution in [0.5, 0.6) is 0 Å². The van der Waals surface area contributed by atoms with Gasteiger partial charge in [-0.05, 0) is 18.6 Å². The molecule has 0 unspecified atom stereocenters. The van der Waals surface area contributed by atoms with Crippen molar-refractivity contribution in [1.82, 2.24) is 5.43 Å². The summed E-state index contributed by atoms with van der Waals surface area (Å²) in [5, 5.41) is 0. The fourth-order valence-electron chi connectivity index (χ4n) is 0.338. The van der Waals surface area contributed by atoms with Crippen molar-refractivity contribution < 1.29 is 0 Å². The molecule has 0 fully saturated rings. The molecule has 3 heteroatoms. The molecule has 0 spiro atoms. The van der Waals surface area contributed by atoms with Crippen molar-refractivity contribution in [2.75, 3.05) is 0 Å². The van der Waals surface area contributed by atoms with E-state index in [9.17, 15) is 0 Å². The summed E-state index contributed by atoms with van der Waals surface area (Å²) in [5.74, 6) is 4.99. The Morgan fingerprint density at radius 1 is 1.70 bits per heavy atom. The molecular formula is C7H11BrN2. The van der Waals surface area contributed by atoms with Gasteiger partial charge in [0.05, 0.1) is 0 Å². The molecular weight excluding hydrogens is 192 g/mol. The molecule has 0 aromatic heterocycles. The van der Waals surface area contributed by atoms with Crippen LogP contribution in [0.15, 0.2) is 35.0 Å². The zero-order valence-corrected chi connectivity index (χ0v) is 7.48. The normalized spacial score (nSPS) is 12.1. The van der Waals surface area contributed by atoms with Crippen LogP contribution in [0.4, 0.5) is 0 Å². The SMILES string of the molecule is C=C(Br)/C(C)=C/C=C\NN. The van der Waals surface area contributed by atoms with Gasteiger partial charge in [-0.2, -0.15) is 0 Å². The highest BCUT2D eigenvalue weighted by Gasteiger charge is 1.85. The second kappa shape index (κ2) is 5.26. The molecule has 0 bridgehead atoms. The molecule has 0 aromatic carbocycles. The maximum atomic E-state index is 4.99. The summed E-state index contributed by atoms with van der Waals surface area (Å²) in [6.07, 6.45) is 5.35. The Labute approximate surface area is 69.6 Å². The minimum Gasteiger partial charge on any atom is -0.331 e. The number of hydrogen-bond donors (Lipinski definition) is 2. The summed E-state index contributed by atoms with van der Waals surface area (Å²) in [5.41, 5.74) is 3.47. The van der Waals surface area contributed by atoms with Gasteiger partial charge in [0.15, 0.2) is 0 Å². The van der Waals surface area contributed by atoms with Gasteiger partial charge >= 0.3 is 0 Å². The van der Waals surface area contributed by atoms with Crippen LogP contribution < -0.4 is 11.3 Å². The first-order chi connectivity index (χ1) is 4.68. The van der Waals surface area contributed by atoms with Crippen LogP contribution in [0.2, 0.25) is 0 Å². The predicted molar refractivity (Wildman–Crippen MR) is 48.3 cm³/mol. The van der Waals surface area contributed by atoms with E-state index in [4.69, 9.17) is 5.84 Å². The molecule has 3 N–H and O–H groups in total. The van der Waals surface area contributed by atoms with Crippen LogP contribution in [-0.4, -0.2) is 0 Å². The maximum absolute atomic E-state index is 4.99. The number of allylic oxidation sites excluding steroid dienone is 4. The Balaban J connectivity index is 3.92. The first-order valence-electron chi connectivity index (χ1n) is 2.83. The zero-order chi connectivity index (χ0) is 7.98. The van der Waals surface area contributed by atoms with Gasteiger partial charge in [-0.15, -0.1) is 0 Å². The zero-order valence-electron chi connectivity index (χ0n) is 5.89. The van der Waals surface area contributed by atoms with Crippen molar-refractivity contribution in [3.05, 3.63) is 35.0 Å². The summed E-state index contributed by atoms with van der Waals surface area (Å²) >= 11 is 3.24. The Hall–Kier alpha value is -0.540. The van der Waals surface area contributed by atoms with E-state index >= 15 is 0 Å². The molecule has 0 aliphatic carbocycles. The molecule has 2 nitrogen and oxygen atoms in total. The Morgan fingerprint density at radius 3 is 2.70 bits per heavy atom. The van der Waals surface area contributed by atoms with Gasteiger partial charge in [0.25, 0.3) is 0 Å². The molecule has 0 atom stereocenters. The molecule has 0 rings (SSSR count). The molecule has 0 saturated carbocycles. The van der Waals surface area contributed by atoms with Crippen LogP contribution >= 0.6 is 15.9 Å². The topological polar surface area (TPSA) is 38.0 Å². The van der Waals surface area contributed by atoms with Gasteiger partial charge in [-0.25, -0.2) is 0 Å². The summed E-state index contributed by atoms with van der Waals surface area (Å²) in [6, 6.07) is 0. The van der Waals surface area contributed by atoms with Crippen molar-refractivity contribution >= 4 is 15.9 Å². The van der Waals surface area contributed by atoms with E-state index in [1.807, 2.05) is 19.1 Å². The smallest absolute Gasteiger partial charge is 0.0132 e. The lowest BCUT2D eigenvalue weighted by molar-refractivity contribution is 0.968. The summed E-state index contributed by atoms with van der Waals surface area (Å²) in [4.78, 5) is 0. The third-order valence-corrected chi connectivity index (χ3v) is 1.59. The molecule has 0 aliphatic heterocycles. The van der Waals surface area contributed by atoms with Crippen molar-refractivity contribution in [2.45, 2.75) is 6.92 Å². The van der Waals surface area contributed by atoms with E-state index in [1.54, 1.807) is 6.20 Å². The summed E-state index contributed by atoms with van der Waals surface area (Å²) in [7, 11) is 0. The molecule has 10 heavy (non-hydrogen) atoms. The number of hydrazine groups is 1. The fourth-order valence-corrected chi connectivity index (χ4v) is 0.471. The van der Waals surface area contributed by atoms with Gasteiger partial charge in [-0.1, -0.05) is 28.6 Å². The fraction of sp³-hybridized carbons (Fsp3) is 0.143. The number of hydrogen-bond acceptors (Lipinski definition) is 2. The number of nitrogens with two attached hydrogens (primary N) is 1. The molecule has 0 aromatic rings. The van der Waals surface area contributed by atoms with E-state index in [-0.39, 0.29) is 0 Å². The first-order valence-corrected chi connectivity index (χ1v) is 3.62. The second-order valence-electron chi connectivity index (χ2n) is 1.78. The molecule has 0 heterocycles. The lowest BCUT2D eigenvalue weighted by atomic mass is 10.3. The quantitative estimate of drug-likeness (QED) is 0.417. The van der Waals surface area contributed by atoms with Gasteiger partial charge < -0.3 is 5.43 Å². The average Bonchev–Trinajstić information content (AvgIpc) is 1.88. The van der Waals surface area contributed by atoms with Gasteiger partial charge in [-0.3, -0.25) is 5.84 Å². The van der Waals surface area contributed by atoms with Crippen molar-refractivity contribution in [3.8, 4) is 0 Å². The third kappa shape index (κ3) is 4.35. The van der Waals surface area contributed by atoms with E-state index < -0.39 is 0 Å². The minimum absolute atomic E-state index is 0.883. The van der Waals surface area contributed by atoms with E-state index in [0.29, 0.717) is 0 Å². The van der Waals surface area contributed by atoms with Crippen LogP contribution in [0.1, 0.15) is 6.92 Å². The van der Waals surface area contributed by atoms with Crippen molar-refractivity contribution in [3.63, 3.8) is 0 Å². The Morgan fingerprint density at radius 2 is 2.30 bits per heavy atom. The molecule has 0 amide bonds. The lowest BCUT2D eigenvalue weighted by Crippen LogP contribution is -2.12. The van der Waals surface area contributed by atoms with Gasteiger partial charge in [0.2, 0.25) is 0 Å². The largest absolute Gasteiger partial charge is 0.331 e. The van der Waals surface area contributed by atoms with E-state index in [1.165, 1.54) is 0 Å². The number of nitrogens with one attached hydrogen (secondary N) is 1. The second-order valence-corrected chi connectivity index (χ2v) is 2.74. The van der Waals surface area contributed by atoms with Crippen LogP contribution in [0.25, 0.3) is 0 Å². The molecule has 0 aliphatic rings.